The number of aryl methyl sites for hydroxylation is 3. The minimum absolute atomic E-state index is 0.120. The maximum atomic E-state index is 12.3. The highest BCUT2D eigenvalue weighted by molar-refractivity contribution is 7.89. The van der Waals surface area contributed by atoms with Crippen molar-refractivity contribution in [3.05, 3.63) is 58.7 Å². The molecule has 1 unspecified atom stereocenters. The summed E-state index contributed by atoms with van der Waals surface area (Å²) in [5.41, 5.74) is 4.60. The van der Waals surface area contributed by atoms with Gasteiger partial charge in [0.15, 0.2) is 6.61 Å². The summed E-state index contributed by atoms with van der Waals surface area (Å²) >= 11 is 0. The summed E-state index contributed by atoms with van der Waals surface area (Å²) in [5, 5.41) is 2.94. The molecular weight excluding hydrogens is 404 g/mol. The molecule has 0 aromatic heterocycles. The maximum Gasteiger partial charge on any atom is 0.258 e. The van der Waals surface area contributed by atoms with Gasteiger partial charge in [0.1, 0.15) is 5.75 Å². The highest BCUT2D eigenvalue weighted by Crippen LogP contribution is 2.22. The second kappa shape index (κ2) is 10.6. The van der Waals surface area contributed by atoms with Gasteiger partial charge < -0.3 is 14.8 Å². The van der Waals surface area contributed by atoms with Crippen molar-refractivity contribution in [1.82, 2.24) is 10.0 Å². The number of sulfonamides is 1. The summed E-state index contributed by atoms with van der Waals surface area (Å²) in [4.78, 5) is 12.4. The molecule has 0 radical (unpaired) electrons. The third-order valence-corrected chi connectivity index (χ3v) is 6.31. The Labute approximate surface area is 178 Å². The second-order valence-corrected chi connectivity index (χ2v) is 9.00. The van der Waals surface area contributed by atoms with Crippen molar-refractivity contribution in [2.24, 2.45) is 0 Å². The molecule has 0 fully saturated rings. The third kappa shape index (κ3) is 6.55. The molecule has 0 saturated heterocycles. The maximum absolute atomic E-state index is 12.3. The molecule has 8 heteroatoms. The Bertz CT molecular complexity index is 972. The number of nitrogens with one attached hydrogen (secondary N) is 2. The lowest BCUT2D eigenvalue weighted by Crippen LogP contribution is -2.31. The fourth-order valence-electron chi connectivity index (χ4n) is 3.04. The van der Waals surface area contributed by atoms with E-state index in [1.807, 2.05) is 20.8 Å². The molecule has 2 aromatic carbocycles. The van der Waals surface area contributed by atoms with E-state index in [-0.39, 0.29) is 36.6 Å². The minimum atomic E-state index is -3.60. The van der Waals surface area contributed by atoms with Crippen molar-refractivity contribution in [3.8, 4) is 5.75 Å². The van der Waals surface area contributed by atoms with Gasteiger partial charge in [-0.1, -0.05) is 12.1 Å². The van der Waals surface area contributed by atoms with E-state index in [1.54, 1.807) is 0 Å². The van der Waals surface area contributed by atoms with Crippen LogP contribution in [0.1, 0.15) is 35.2 Å². The van der Waals surface area contributed by atoms with Crippen LogP contribution in [0.4, 0.5) is 0 Å². The largest absolute Gasteiger partial charge is 0.484 e. The first kappa shape index (κ1) is 23.9. The highest BCUT2D eigenvalue weighted by Gasteiger charge is 2.15. The normalized spacial score (nSPS) is 12.4. The predicted molar refractivity (Wildman–Crippen MR) is 116 cm³/mol. The molecule has 0 saturated carbocycles. The summed E-state index contributed by atoms with van der Waals surface area (Å²) in [6, 6.07) is 9.97. The van der Waals surface area contributed by atoms with Crippen LogP contribution in [0.25, 0.3) is 0 Å². The number of ether oxygens (including phenoxy) is 2. The van der Waals surface area contributed by atoms with Gasteiger partial charge in [-0.15, -0.1) is 0 Å². The zero-order chi connectivity index (χ0) is 22.3. The smallest absolute Gasteiger partial charge is 0.258 e. The summed E-state index contributed by atoms with van der Waals surface area (Å²) in [7, 11) is -2.10. The van der Waals surface area contributed by atoms with E-state index in [4.69, 9.17) is 9.47 Å². The average Bonchev–Trinajstić information content (AvgIpc) is 2.69. The van der Waals surface area contributed by atoms with E-state index < -0.39 is 10.0 Å². The fraction of sp³-hybridized carbons (Fsp3) is 0.409. The van der Waals surface area contributed by atoms with Gasteiger partial charge in [-0.2, -0.15) is 0 Å². The molecule has 0 spiro atoms. The zero-order valence-corrected chi connectivity index (χ0v) is 18.9. The number of carbonyl (C=O) groups is 1. The molecule has 1 amide bonds. The number of rotatable bonds is 10. The number of carbonyl (C=O) groups excluding carboxylic acids is 1. The van der Waals surface area contributed by atoms with Crippen LogP contribution in [0, 0.1) is 20.8 Å². The van der Waals surface area contributed by atoms with Crippen molar-refractivity contribution in [3.63, 3.8) is 0 Å². The SMILES string of the molecule is COCCNS(=O)(=O)c1ccc(OCC(=O)NC(C)c2cc(C)c(C)cc2C)cc1. The standard InChI is InChI=1S/C22H30N2O5S/c1-15-12-17(3)21(13-16(15)2)18(4)24-22(25)14-29-19-6-8-20(9-7-19)30(26,27)23-10-11-28-5/h6-9,12-13,18,23H,10-11,14H2,1-5H3,(H,24,25). The molecule has 0 aliphatic heterocycles. The van der Waals surface area contributed by atoms with Crippen molar-refractivity contribution >= 4 is 15.9 Å². The lowest BCUT2D eigenvalue weighted by Gasteiger charge is -2.18. The van der Waals surface area contributed by atoms with Crippen molar-refractivity contribution in [1.29, 1.82) is 0 Å². The number of benzene rings is 2. The van der Waals surface area contributed by atoms with Crippen LogP contribution in [0.5, 0.6) is 5.75 Å². The number of hydrogen-bond donors (Lipinski definition) is 2. The second-order valence-electron chi connectivity index (χ2n) is 7.23. The van der Waals surface area contributed by atoms with E-state index in [0.29, 0.717) is 5.75 Å². The Morgan fingerprint density at radius 1 is 1.03 bits per heavy atom. The molecule has 2 N–H and O–H groups in total. The topological polar surface area (TPSA) is 93.7 Å². The minimum Gasteiger partial charge on any atom is -0.484 e. The Morgan fingerprint density at radius 3 is 2.30 bits per heavy atom. The van der Waals surface area contributed by atoms with Gasteiger partial charge in [0.05, 0.1) is 17.5 Å². The molecule has 7 nitrogen and oxygen atoms in total. The Kier molecular flexibility index (Phi) is 8.40. The van der Waals surface area contributed by atoms with E-state index in [1.165, 1.54) is 42.5 Å². The first-order chi connectivity index (χ1) is 14.1. The molecule has 1 atom stereocenters. The van der Waals surface area contributed by atoms with Crippen molar-refractivity contribution < 1.29 is 22.7 Å². The van der Waals surface area contributed by atoms with E-state index in [0.717, 1.165) is 11.1 Å². The van der Waals surface area contributed by atoms with Gasteiger partial charge in [-0.3, -0.25) is 4.79 Å². The molecule has 164 valence electrons. The first-order valence-corrected chi connectivity index (χ1v) is 11.2. The molecule has 0 aliphatic rings. The van der Waals surface area contributed by atoms with Crippen LogP contribution < -0.4 is 14.8 Å². The quantitative estimate of drug-likeness (QED) is 0.561. The van der Waals surface area contributed by atoms with Crippen LogP contribution in [-0.2, 0) is 19.6 Å². The number of methoxy groups -OCH3 is 1. The van der Waals surface area contributed by atoms with Gasteiger partial charge >= 0.3 is 0 Å². The van der Waals surface area contributed by atoms with E-state index in [2.05, 4.69) is 29.1 Å². The lowest BCUT2D eigenvalue weighted by molar-refractivity contribution is -0.123. The zero-order valence-electron chi connectivity index (χ0n) is 18.1. The molecule has 0 aliphatic carbocycles. The van der Waals surface area contributed by atoms with Gasteiger partial charge in [-0.25, -0.2) is 13.1 Å². The van der Waals surface area contributed by atoms with Crippen LogP contribution in [-0.4, -0.2) is 41.2 Å². The van der Waals surface area contributed by atoms with E-state index >= 15 is 0 Å². The van der Waals surface area contributed by atoms with Crippen LogP contribution in [0.3, 0.4) is 0 Å². The van der Waals surface area contributed by atoms with Gasteiger partial charge in [-0.05, 0) is 74.2 Å². The fourth-order valence-corrected chi connectivity index (χ4v) is 4.05. The Balaban J connectivity index is 1.91. The molecular formula is C22H30N2O5S. The van der Waals surface area contributed by atoms with Crippen LogP contribution >= 0.6 is 0 Å². The van der Waals surface area contributed by atoms with Crippen LogP contribution in [0.2, 0.25) is 0 Å². The monoisotopic (exact) mass is 434 g/mol. The highest BCUT2D eigenvalue weighted by atomic mass is 32.2. The van der Waals surface area contributed by atoms with Gasteiger partial charge in [0, 0.05) is 13.7 Å². The lowest BCUT2D eigenvalue weighted by atomic mass is 9.96. The summed E-state index contributed by atoms with van der Waals surface area (Å²) < 4.78 is 37.1. The van der Waals surface area contributed by atoms with Gasteiger partial charge in [0.25, 0.3) is 5.91 Å². The van der Waals surface area contributed by atoms with Gasteiger partial charge in [0.2, 0.25) is 10.0 Å². The Morgan fingerprint density at radius 2 is 1.67 bits per heavy atom. The number of amides is 1. The Hall–Kier alpha value is -2.42. The summed E-state index contributed by atoms with van der Waals surface area (Å²) in [6.45, 7) is 8.39. The van der Waals surface area contributed by atoms with E-state index in [9.17, 15) is 13.2 Å². The summed E-state index contributed by atoms with van der Waals surface area (Å²) in [5.74, 6) is 0.161. The van der Waals surface area contributed by atoms with Crippen LogP contribution in [0.15, 0.2) is 41.3 Å². The molecule has 2 aromatic rings. The van der Waals surface area contributed by atoms with Crippen molar-refractivity contribution in [2.75, 3.05) is 26.9 Å². The molecule has 0 heterocycles. The molecule has 0 bridgehead atoms. The summed E-state index contributed by atoms with van der Waals surface area (Å²) in [6.07, 6.45) is 0. The predicted octanol–water partition coefficient (Wildman–Crippen LogP) is 2.79. The average molecular weight is 435 g/mol. The number of hydrogen-bond acceptors (Lipinski definition) is 5. The molecule has 30 heavy (non-hydrogen) atoms. The molecule has 2 rings (SSSR count). The first-order valence-electron chi connectivity index (χ1n) is 9.72. The third-order valence-electron chi connectivity index (χ3n) is 4.83. The van der Waals surface area contributed by atoms with Crippen molar-refractivity contribution in [2.45, 2.75) is 38.6 Å².